The molecule has 2 saturated carbocycles. The Hall–Kier alpha value is -0.900. The predicted octanol–water partition coefficient (Wildman–Crippen LogP) is -0.708. The summed E-state index contributed by atoms with van der Waals surface area (Å²) in [5, 5.41) is 2.43. The summed E-state index contributed by atoms with van der Waals surface area (Å²) >= 11 is 0. The maximum atomic E-state index is 11.4. The third kappa shape index (κ3) is 0.544. The third-order valence-corrected chi connectivity index (χ3v) is 4.11. The molecule has 0 radical (unpaired) electrons. The Morgan fingerprint density at radius 1 is 1.08 bits per heavy atom. The fourth-order valence-corrected chi connectivity index (χ4v) is 3.65. The van der Waals surface area contributed by atoms with Gasteiger partial charge in [0.2, 0.25) is 11.8 Å². The maximum absolute atomic E-state index is 11.4. The van der Waals surface area contributed by atoms with Crippen molar-refractivity contribution in [3.8, 4) is 0 Å². The van der Waals surface area contributed by atoms with Crippen molar-refractivity contribution < 1.29 is 14.3 Å². The van der Waals surface area contributed by atoms with Crippen LogP contribution in [0.25, 0.3) is 0 Å². The van der Waals surface area contributed by atoms with Crippen LogP contribution in [-0.2, 0) is 14.3 Å². The van der Waals surface area contributed by atoms with Gasteiger partial charge in [0.25, 0.3) is 0 Å². The second-order valence-electron chi connectivity index (χ2n) is 4.53. The molecule has 2 saturated heterocycles. The van der Waals surface area contributed by atoms with Gasteiger partial charge in [-0.05, 0) is 6.42 Å². The van der Waals surface area contributed by atoms with Gasteiger partial charge in [0.1, 0.15) is 0 Å². The summed E-state index contributed by atoms with van der Waals surface area (Å²) in [5.41, 5.74) is 0. The van der Waals surface area contributed by atoms with Gasteiger partial charge in [-0.1, -0.05) is 0 Å². The molecule has 4 fully saturated rings. The predicted molar refractivity (Wildman–Crippen MR) is 40.4 cm³/mol. The number of carbonyl (C=O) groups excluding carboxylic acids is 2. The highest BCUT2D eigenvalue weighted by molar-refractivity contribution is 6.06. The molecule has 2 bridgehead atoms. The average Bonchev–Trinajstić information content (AvgIpc) is 2.58. The first kappa shape index (κ1) is 6.54. The molecule has 2 aliphatic carbocycles. The molecule has 2 heterocycles. The molecule has 0 aromatic carbocycles. The smallest absolute Gasteiger partial charge is 0.230 e. The SMILES string of the molecule is O=C1NC(=O)C2C1C1CC2[C@@H]2OC12. The summed E-state index contributed by atoms with van der Waals surface area (Å²) in [6.07, 6.45) is 1.65. The minimum atomic E-state index is -0.0588. The molecular formula is C9H9NO3. The van der Waals surface area contributed by atoms with Gasteiger partial charge in [-0.15, -0.1) is 0 Å². The van der Waals surface area contributed by atoms with E-state index in [4.69, 9.17) is 4.74 Å². The van der Waals surface area contributed by atoms with Crippen molar-refractivity contribution in [1.82, 2.24) is 5.32 Å². The Morgan fingerprint density at radius 3 is 2.15 bits per heavy atom. The minimum absolute atomic E-state index is 0.0544. The number of nitrogens with one attached hydrogen (secondary N) is 1. The van der Waals surface area contributed by atoms with Gasteiger partial charge < -0.3 is 4.74 Å². The molecule has 2 aliphatic heterocycles. The minimum Gasteiger partial charge on any atom is -0.369 e. The van der Waals surface area contributed by atoms with Gasteiger partial charge in [-0.2, -0.15) is 0 Å². The van der Waals surface area contributed by atoms with E-state index in [1.165, 1.54) is 0 Å². The number of hydrogen-bond donors (Lipinski definition) is 1. The van der Waals surface area contributed by atoms with Crippen LogP contribution in [0.1, 0.15) is 6.42 Å². The first-order valence-electron chi connectivity index (χ1n) is 4.77. The van der Waals surface area contributed by atoms with Crippen molar-refractivity contribution in [2.75, 3.05) is 0 Å². The van der Waals surface area contributed by atoms with E-state index < -0.39 is 0 Å². The van der Waals surface area contributed by atoms with Crippen LogP contribution in [0.4, 0.5) is 0 Å². The van der Waals surface area contributed by atoms with Gasteiger partial charge in [-0.3, -0.25) is 14.9 Å². The van der Waals surface area contributed by atoms with Crippen LogP contribution in [0.15, 0.2) is 0 Å². The Labute approximate surface area is 74.6 Å². The summed E-state index contributed by atoms with van der Waals surface area (Å²) in [6, 6.07) is 0. The molecule has 0 spiro atoms. The van der Waals surface area contributed by atoms with Crippen LogP contribution in [0.5, 0.6) is 0 Å². The van der Waals surface area contributed by atoms with Crippen molar-refractivity contribution in [2.45, 2.75) is 18.6 Å². The van der Waals surface area contributed by atoms with E-state index in [1.54, 1.807) is 0 Å². The summed E-state index contributed by atoms with van der Waals surface area (Å²) in [6.45, 7) is 0. The van der Waals surface area contributed by atoms with E-state index in [9.17, 15) is 9.59 Å². The van der Waals surface area contributed by atoms with Crippen LogP contribution in [0.3, 0.4) is 0 Å². The second-order valence-corrected chi connectivity index (χ2v) is 4.53. The van der Waals surface area contributed by atoms with Crippen molar-refractivity contribution in [3.05, 3.63) is 0 Å². The van der Waals surface area contributed by atoms with Crippen LogP contribution < -0.4 is 5.32 Å². The lowest BCUT2D eigenvalue weighted by molar-refractivity contribution is -0.127. The number of fused-ring (bicyclic) bond motifs is 8. The lowest BCUT2D eigenvalue weighted by Crippen LogP contribution is -2.29. The Bertz CT molecular complexity index is 310. The molecule has 13 heavy (non-hydrogen) atoms. The monoisotopic (exact) mass is 179 g/mol. The third-order valence-electron chi connectivity index (χ3n) is 4.11. The molecule has 2 amide bonds. The quantitative estimate of drug-likeness (QED) is 0.395. The lowest BCUT2D eigenvalue weighted by atomic mass is 9.81. The first-order chi connectivity index (χ1) is 6.27. The lowest BCUT2D eigenvalue weighted by Gasteiger charge is -2.15. The van der Waals surface area contributed by atoms with Gasteiger partial charge >= 0.3 is 0 Å². The van der Waals surface area contributed by atoms with E-state index in [0.29, 0.717) is 24.0 Å². The number of ether oxygens (including phenoxy) is 1. The standard InChI is InChI=1S/C9H9NO3/c11-8-4-2-1-3(7-6(2)13-7)5(4)9(12)10-8/h2-7H,1H2,(H,10,11,12)/t2?,3?,4?,5?,6-,7?/m0/s1. The van der Waals surface area contributed by atoms with E-state index in [0.717, 1.165) is 6.42 Å². The zero-order valence-electron chi connectivity index (χ0n) is 6.90. The number of epoxide rings is 1. The van der Waals surface area contributed by atoms with E-state index >= 15 is 0 Å². The molecule has 0 aromatic rings. The number of amides is 2. The second kappa shape index (κ2) is 1.66. The van der Waals surface area contributed by atoms with Crippen molar-refractivity contribution in [3.63, 3.8) is 0 Å². The molecule has 1 N–H and O–H groups in total. The van der Waals surface area contributed by atoms with E-state index in [2.05, 4.69) is 5.32 Å². The molecule has 4 aliphatic rings. The zero-order chi connectivity index (χ0) is 8.74. The van der Waals surface area contributed by atoms with Crippen LogP contribution in [0.2, 0.25) is 0 Å². The molecule has 6 atom stereocenters. The average molecular weight is 179 g/mol. The van der Waals surface area contributed by atoms with Crippen molar-refractivity contribution in [1.29, 1.82) is 0 Å². The number of rotatable bonds is 0. The molecule has 5 unspecified atom stereocenters. The normalized spacial score (nSPS) is 60.6. The number of imide groups is 1. The molecule has 4 heteroatoms. The zero-order valence-corrected chi connectivity index (χ0v) is 6.90. The van der Waals surface area contributed by atoms with Gasteiger partial charge in [0.05, 0.1) is 24.0 Å². The molecule has 4 rings (SSSR count). The van der Waals surface area contributed by atoms with Crippen LogP contribution in [0, 0.1) is 23.7 Å². The van der Waals surface area contributed by atoms with Gasteiger partial charge in [0.15, 0.2) is 0 Å². The van der Waals surface area contributed by atoms with Crippen LogP contribution >= 0.6 is 0 Å². The fraction of sp³-hybridized carbons (Fsp3) is 0.778. The fourth-order valence-electron chi connectivity index (χ4n) is 3.65. The van der Waals surface area contributed by atoms with E-state index in [1.807, 2.05) is 0 Å². The summed E-state index contributed by atoms with van der Waals surface area (Å²) < 4.78 is 5.44. The molecule has 68 valence electrons. The highest BCUT2D eigenvalue weighted by Crippen LogP contribution is 2.62. The van der Waals surface area contributed by atoms with Crippen molar-refractivity contribution in [2.24, 2.45) is 23.7 Å². The molecule has 0 aromatic heterocycles. The maximum Gasteiger partial charge on any atom is 0.230 e. The molecular weight excluding hydrogens is 170 g/mol. The Balaban J connectivity index is 1.84. The highest BCUT2D eigenvalue weighted by Gasteiger charge is 2.72. The van der Waals surface area contributed by atoms with Gasteiger partial charge in [0, 0.05) is 11.8 Å². The van der Waals surface area contributed by atoms with E-state index in [-0.39, 0.29) is 23.7 Å². The first-order valence-corrected chi connectivity index (χ1v) is 4.77. The largest absolute Gasteiger partial charge is 0.369 e. The molecule has 4 nitrogen and oxygen atoms in total. The topological polar surface area (TPSA) is 58.7 Å². The summed E-state index contributed by atoms with van der Waals surface area (Å²) in [5.74, 6) is 0.452. The van der Waals surface area contributed by atoms with Crippen molar-refractivity contribution >= 4 is 11.8 Å². The Morgan fingerprint density at radius 2 is 1.62 bits per heavy atom. The summed E-state index contributed by atoms with van der Waals surface area (Å²) in [4.78, 5) is 22.9. The summed E-state index contributed by atoms with van der Waals surface area (Å²) in [7, 11) is 0. The van der Waals surface area contributed by atoms with Crippen LogP contribution in [-0.4, -0.2) is 24.0 Å². The number of carbonyl (C=O) groups is 2. The number of hydrogen-bond acceptors (Lipinski definition) is 3. The Kier molecular flexibility index (Phi) is 0.836. The van der Waals surface area contributed by atoms with Gasteiger partial charge in [-0.25, -0.2) is 0 Å². The highest BCUT2D eigenvalue weighted by atomic mass is 16.6.